The third kappa shape index (κ3) is 9.79. The molecule has 1 nitrogen and oxygen atoms in total. The lowest BCUT2D eigenvalue weighted by molar-refractivity contribution is 0.164. The minimum atomic E-state index is -0.112. The molecule has 0 spiro atoms. The summed E-state index contributed by atoms with van der Waals surface area (Å²) in [5.74, 6) is 0. The van der Waals surface area contributed by atoms with Crippen molar-refractivity contribution in [3.63, 3.8) is 0 Å². The van der Waals surface area contributed by atoms with E-state index in [0.29, 0.717) is 0 Å². The molecule has 0 saturated carbocycles. The summed E-state index contributed by atoms with van der Waals surface area (Å²) >= 11 is 0. The van der Waals surface area contributed by atoms with Crippen LogP contribution < -0.4 is 0 Å². The summed E-state index contributed by atoms with van der Waals surface area (Å²) in [6.45, 7) is 4.39. The van der Waals surface area contributed by atoms with Gasteiger partial charge in [-0.1, -0.05) is 58.1 Å². The monoisotopic (exact) mass is 198 g/mol. The smallest absolute Gasteiger partial charge is 0.0574 e. The summed E-state index contributed by atoms with van der Waals surface area (Å²) < 4.78 is 0. The fourth-order valence-electron chi connectivity index (χ4n) is 1.44. The zero-order valence-corrected chi connectivity index (χ0v) is 9.84. The topological polar surface area (TPSA) is 20.2 Å². The van der Waals surface area contributed by atoms with E-state index >= 15 is 0 Å². The van der Waals surface area contributed by atoms with Gasteiger partial charge < -0.3 is 5.11 Å². The molecule has 0 aliphatic carbocycles. The number of hydrogen-bond acceptors (Lipinski definition) is 1. The lowest BCUT2D eigenvalue weighted by Crippen LogP contribution is -2.04. The zero-order valence-electron chi connectivity index (χ0n) is 9.84. The first kappa shape index (κ1) is 13.7. The highest BCUT2D eigenvalue weighted by Gasteiger charge is 1.99. The molecule has 0 aromatic heterocycles. The summed E-state index contributed by atoms with van der Waals surface area (Å²) in [4.78, 5) is 0. The summed E-state index contributed by atoms with van der Waals surface area (Å²) in [5.41, 5.74) is 0. The van der Waals surface area contributed by atoms with Gasteiger partial charge in [0.15, 0.2) is 0 Å². The van der Waals surface area contributed by atoms with Crippen molar-refractivity contribution in [1.29, 1.82) is 0 Å². The van der Waals surface area contributed by atoms with E-state index in [1.165, 1.54) is 32.1 Å². The normalized spacial score (nSPS) is 13.6. The van der Waals surface area contributed by atoms with E-state index in [9.17, 15) is 5.11 Å². The van der Waals surface area contributed by atoms with E-state index in [2.05, 4.69) is 26.0 Å². The molecule has 0 rings (SSSR count). The summed E-state index contributed by atoms with van der Waals surface area (Å²) in [7, 11) is 0. The quantitative estimate of drug-likeness (QED) is 0.437. The molecule has 14 heavy (non-hydrogen) atoms. The van der Waals surface area contributed by atoms with E-state index in [0.717, 1.165) is 19.3 Å². The minimum Gasteiger partial charge on any atom is -0.393 e. The maximum Gasteiger partial charge on any atom is 0.0574 e. The second-order valence-electron chi connectivity index (χ2n) is 4.00. The maximum absolute atomic E-state index is 9.58. The Hall–Kier alpha value is -0.300. The number of hydrogen-bond donors (Lipinski definition) is 1. The average molecular weight is 198 g/mol. The first-order chi connectivity index (χ1) is 6.81. The Labute approximate surface area is 89.2 Å². The van der Waals surface area contributed by atoms with Crippen LogP contribution in [0.3, 0.4) is 0 Å². The van der Waals surface area contributed by atoms with Gasteiger partial charge in [0.25, 0.3) is 0 Å². The van der Waals surface area contributed by atoms with Crippen LogP contribution >= 0.6 is 0 Å². The molecule has 84 valence electrons. The van der Waals surface area contributed by atoms with Crippen LogP contribution in [0.2, 0.25) is 0 Å². The number of aliphatic hydroxyl groups is 1. The molecule has 0 aromatic rings. The summed E-state index contributed by atoms with van der Waals surface area (Å²) in [6.07, 6.45) is 13.4. The Morgan fingerprint density at radius 3 is 2.36 bits per heavy atom. The van der Waals surface area contributed by atoms with Gasteiger partial charge in [-0.05, 0) is 19.3 Å². The Morgan fingerprint density at radius 2 is 1.71 bits per heavy atom. The predicted molar refractivity (Wildman–Crippen MR) is 63.4 cm³/mol. The Balaban J connectivity index is 3.24. The molecule has 0 bridgehead atoms. The van der Waals surface area contributed by atoms with Crippen molar-refractivity contribution in [2.75, 3.05) is 0 Å². The van der Waals surface area contributed by atoms with Gasteiger partial charge in [0.2, 0.25) is 0 Å². The van der Waals surface area contributed by atoms with Gasteiger partial charge in [-0.2, -0.15) is 0 Å². The van der Waals surface area contributed by atoms with Crippen LogP contribution in [0.4, 0.5) is 0 Å². The van der Waals surface area contributed by atoms with Gasteiger partial charge in [-0.25, -0.2) is 0 Å². The van der Waals surface area contributed by atoms with Crippen LogP contribution in [0.25, 0.3) is 0 Å². The Morgan fingerprint density at radius 1 is 1.00 bits per heavy atom. The molecule has 1 atom stereocenters. The number of allylic oxidation sites excluding steroid dienone is 1. The van der Waals surface area contributed by atoms with Crippen molar-refractivity contribution in [3.05, 3.63) is 12.2 Å². The molecule has 1 heteroatoms. The molecule has 0 amide bonds. The molecule has 0 saturated heterocycles. The molecule has 0 aliphatic rings. The molecule has 0 aromatic carbocycles. The molecule has 1 unspecified atom stereocenters. The van der Waals surface area contributed by atoms with Crippen LogP contribution in [0.5, 0.6) is 0 Å². The average Bonchev–Trinajstić information content (AvgIpc) is 2.18. The van der Waals surface area contributed by atoms with Crippen molar-refractivity contribution in [3.8, 4) is 0 Å². The molecule has 0 heterocycles. The number of unbranched alkanes of at least 4 members (excludes halogenated alkanes) is 4. The van der Waals surface area contributed by atoms with Crippen LogP contribution in [0, 0.1) is 0 Å². The van der Waals surface area contributed by atoms with Crippen molar-refractivity contribution in [2.24, 2.45) is 0 Å². The molecule has 0 fully saturated rings. The van der Waals surface area contributed by atoms with Gasteiger partial charge in [-0.15, -0.1) is 0 Å². The molecule has 1 N–H and O–H groups in total. The maximum atomic E-state index is 9.58. The fourth-order valence-corrected chi connectivity index (χ4v) is 1.44. The highest BCUT2D eigenvalue weighted by molar-refractivity contribution is 4.83. The van der Waals surface area contributed by atoms with Crippen LogP contribution in [-0.2, 0) is 0 Å². The van der Waals surface area contributed by atoms with Crippen LogP contribution in [-0.4, -0.2) is 11.2 Å². The first-order valence-corrected chi connectivity index (χ1v) is 6.14. The van der Waals surface area contributed by atoms with Crippen molar-refractivity contribution >= 4 is 0 Å². The molecule has 0 aliphatic heterocycles. The van der Waals surface area contributed by atoms with E-state index in [1.54, 1.807) is 0 Å². The fraction of sp³-hybridized carbons (Fsp3) is 0.846. The van der Waals surface area contributed by atoms with Crippen LogP contribution in [0.15, 0.2) is 12.2 Å². The number of rotatable bonds is 9. The SMILES string of the molecule is CCCC/C=C\CC(O)CCCCC. The Kier molecular flexibility index (Phi) is 10.5. The van der Waals surface area contributed by atoms with Crippen LogP contribution in [0.1, 0.15) is 65.2 Å². The van der Waals surface area contributed by atoms with E-state index < -0.39 is 0 Å². The lowest BCUT2D eigenvalue weighted by atomic mass is 10.1. The number of aliphatic hydroxyl groups excluding tert-OH is 1. The second kappa shape index (κ2) is 10.8. The van der Waals surface area contributed by atoms with Gasteiger partial charge in [0, 0.05) is 0 Å². The first-order valence-electron chi connectivity index (χ1n) is 6.14. The van der Waals surface area contributed by atoms with Gasteiger partial charge in [0.05, 0.1) is 6.10 Å². The summed E-state index contributed by atoms with van der Waals surface area (Å²) in [6, 6.07) is 0. The van der Waals surface area contributed by atoms with Gasteiger partial charge >= 0.3 is 0 Å². The largest absolute Gasteiger partial charge is 0.393 e. The third-order valence-electron chi connectivity index (χ3n) is 2.44. The van der Waals surface area contributed by atoms with Crippen molar-refractivity contribution in [1.82, 2.24) is 0 Å². The van der Waals surface area contributed by atoms with Gasteiger partial charge in [0.1, 0.15) is 0 Å². The third-order valence-corrected chi connectivity index (χ3v) is 2.44. The highest BCUT2D eigenvalue weighted by atomic mass is 16.3. The van der Waals surface area contributed by atoms with E-state index in [4.69, 9.17) is 0 Å². The standard InChI is InChI=1S/C13H26O/c1-3-5-7-8-10-12-13(14)11-9-6-4-2/h8,10,13-14H,3-7,9,11-12H2,1-2H3/b10-8-. The second-order valence-corrected chi connectivity index (χ2v) is 4.00. The molecular weight excluding hydrogens is 172 g/mol. The lowest BCUT2D eigenvalue weighted by Gasteiger charge is -2.06. The van der Waals surface area contributed by atoms with Crippen molar-refractivity contribution in [2.45, 2.75) is 71.3 Å². The highest BCUT2D eigenvalue weighted by Crippen LogP contribution is 2.07. The zero-order chi connectivity index (χ0) is 10.6. The van der Waals surface area contributed by atoms with E-state index in [-0.39, 0.29) is 6.10 Å². The Bertz CT molecular complexity index is 129. The minimum absolute atomic E-state index is 0.112. The summed E-state index contributed by atoms with van der Waals surface area (Å²) in [5, 5.41) is 9.58. The molecule has 0 radical (unpaired) electrons. The predicted octanol–water partition coefficient (Wildman–Crippen LogP) is 4.06. The van der Waals surface area contributed by atoms with Gasteiger partial charge in [-0.3, -0.25) is 0 Å². The van der Waals surface area contributed by atoms with E-state index in [1.807, 2.05) is 0 Å². The van der Waals surface area contributed by atoms with Crippen molar-refractivity contribution < 1.29 is 5.11 Å². The molecular formula is C13H26O.